The van der Waals surface area contributed by atoms with Gasteiger partial charge in [0.15, 0.2) is 6.61 Å². The average molecular weight is 595 g/mol. The minimum atomic E-state index is -0.756. The number of carbonyl (C=O) groups is 5. The van der Waals surface area contributed by atoms with Gasteiger partial charge in [-0.2, -0.15) is 0 Å². The van der Waals surface area contributed by atoms with E-state index in [2.05, 4.69) is 17.4 Å². The smallest absolute Gasteiger partial charge is 0.338 e. The maximum atomic E-state index is 13.7. The summed E-state index contributed by atoms with van der Waals surface area (Å²) in [6.07, 6.45) is 1.77. The first kappa shape index (κ1) is 29.3. The second-order valence-electron chi connectivity index (χ2n) is 12.2. The Hall–Kier alpha value is -4.79. The Balaban J connectivity index is 1.06. The van der Waals surface area contributed by atoms with Crippen molar-refractivity contribution in [2.45, 2.75) is 32.6 Å². The standard InChI is InChI=1S/C35H34N2O7/c1-20(2)18-43-34(41)22-11-13-25(14-12-22)36-29(38)19-44-35(42)23-9-6-10-26(15-23)37-32(39)30-24-16-27(21-7-4-3-5-8-21)28(17-24)31(30)33(37)40/h3-15,20,24,27-28,30-31H,16-19H2,1-2H3,(H,36,38)/t24-,27-,28+,30+,31-/m0/s1. The van der Waals surface area contributed by atoms with Crippen LogP contribution in [0.3, 0.4) is 0 Å². The fraction of sp³-hybridized carbons (Fsp3) is 0.343. The summed E-state index contributed by atoms with van der Waals surface area (Å²) < 4.78 is 10.4. The van der Waals surface area contributed by atoms with Crippen LogP contribution in [0.2, 0.25) is 0 Å². The number of carbonyl (C=O) groups excluding carboxylic acids is 5. The summed E-state index contributed by atoms with van der Waals surface area (Å²) in [7, 11) is 0. The normalized spacial score (nSPS) is 23.5. The van der Waals surface area contributed by atoms with Crippen molar-refractivity contribution in [1.82, 2.24) is 0 Å². The largest absolute Gasteiger partial charge is 0.462 e. The summed E-state index contributed by atoms with van der Waals surface area (Å²) >= 11 is 0. The summed E-state index contributed by atoms with van der Waals surface area (Å²) in [5.74, 6) is -2.10. The summed E-state index contributed by atoms with van der Waals surface area (Å²) in [5.41, 5.74) is 2.45. The number of imide groups is 1. The summed E-state index contributed by atoms with van der Waals surface area (Å²) in [6, 6.07) is 22.6. The van der Waals surface area contributed by atoms with E-state index < -0.39 is 24.5 Å². The molecule has 1 heterocycles. The molecular formula is C35H34N2O7. The quantitative estimate of drug-likeness (QED) is 0.266. The first-order valence-corrected chi connectivity index (χ1v) is 15.0. The lowest BCUT2D eigenvalue weighted by Crippen LogP contribution is -2.33. The number of esters is 2. The van der Waals surface area contributed by atoms with Gasteiger partial charge in [0.05, 0.1) is 35.3 Å². The summed E-state index contributed by atoms with van der Waals surface area (Å²) in [4.78, 5) is 65.8. The SMILES string of the molecule is CC(C)COC(=O)c1ccc(NC(=O)COC(=O)c2cccc(N3C(=O)[C@@H]4[C@@H]5C[C@@H]([C@@H]4C3=O)[C@H](c3ccccc3)C5)c2)cc1. The van der Waals surface area contributed by atoms with Crippen LogP contribution < -0.4 is 10.2 Å². The van der Waals surface area contributed by atoms with Gasteiger partial charge in [-0.05, 0) is 84.5 Å². The highest BCUT2D eigenvalue weighted by Gasteiger charge is 2.64. The number of ether oxygens (including phenoxy) is 2. The third kappa shape index (κ3) is 5.62. The van der Waals surface area contributed by atoms with Crippen LogP contribution in [-0.2, 0) is 23.9 Å². The van der Waals surface area contributed by atoms with E-state index in [0.717, 1.165) is 12.8 Å². The molecule has 6 rings (SSSR count). The molecule has 1 aliphatic heterocycles. The molecule has 3 fully saturated rings. The molecule has 3 amide bonds. The molecule has 9 nitrogen and oxygen atoms in total. The highest BCUT2D eigenvalue weighted by atomic mass is 16.5. The molecule has 0 radical (unpaired) electrons. The maximum Gasteiger partial charge on any atom is 0.338 e. The fourth-order valence-electron chi connectivity index (χ4n) is 7.00. The molecule has 226 valence electrons. The second-order valence-corrected chi connectivity index (χ2v) is 12.2. The highest BCUT2D eigenvalue weighted by Crippen LogP contribution is 2.61. The molecule has 0 unspecified atom stereocenters. The van der Waals surface area contributed by atoms with Crippen LogP contribution >= 0.6 is 0 Å². The summed E-state index contributed by atoms with van der Waals surface area (Å²) in [6.45, 7) is 3.66. The Kier molecular flexibility index (Phi) is 8.03. The lowest BCUT2D eigenvalue weighted by Gasteiger charge is -2.28. The number of hydrogen-bond acceptors (Lipinski definition) is 7. The van der Waals surface area contributed by atoms with Crippen molar-refractivity contribution in [3.63, 3.8) is 0 Å². The molecule has 1 saturated heterocycles. The Morgan fingerprint density at radius 2 is 1.52 bits per heavy atom. The number of nitrogens with one attached hydrogen (secondary N) is 1. The third-order valence-electron chi connectivity index (χ3n) is 8.87. The minimum Gasteiger partial charge on any atom is -0.462 e. The van der Waals surface area contributed by atoms with Crippen LogP contribution in [0.25, 0.3) is 0 Å². The van der Waals surface area contributed by atoms with Gasteiger partial charge in [0.25, 0.3) is 5.91 Å². The van der Waals surface area contributed by atoms with Gasteiger partial charge in [0.1, 0.15) is 0 Å². The van der Waals surface area contributed by atoms with Crippen LogP contribution in [-0.4, -0.2) is 42.9 Å². The molecule has 0 spiro atoms. The highest BCUT2D eigenvalue weighted by molar-refractivity contribution is 6.23. The van der Waals surface area contributed by atoms with Gasteiger partial charge in [0.2, 0.25) is 11.8 Å². The molecule has 1 N–H and O–H groups in total. The van der Waals surface area contributed by atoms with E-state index in [1.165, 1.54) is 34.7 Å². The molecule has 3 aromatic rings. The van der Waals surface area contributed by atoms with Crippen LogP contribution in [0.15, 0.2) is 78.9 Å². The van der Waals surface area contributed by atoms with Gasteiger partial charge in [-0.15, -0.1) is 0 Å². The minimum absolute atomic E-state index is 0.121. The van der Waals surface area contributed by atoms with Gasteiger partial charge in [-0.3, -0.25) is 19.3 Å². The molecule has 2 aliphatic carbocycles. The topological polar surface area (TPSA) is 119 Å². The van der Waals surface area contributed by atoms with Gasteiger partial charge < -0.3 is 14.8 Å². The number of anilines is 2. The molecule has 2 bridgehead atoms. The van der Waals surface area contributed by atoms with Crippen molar-refractivity contribution in [3.8, 4) is 0 Å². The number of hydrogen-bond donors (Lipinski definition) is 1. The van der Waals surface area contributed by atoms with E-state index in [-0.39, 0.29) is 52.9 Å². The van der Waals surface area contributed by atoms with Crippen molar-refractivity contribution in [1.29, 1.82) is 0 Å². The van der Waals surface area contributed by atoms with Gasteiger partial charge in [0, 0.05) is 5.69 Å². The zero-order valence-corrected chi connectivity index (χ0v) is 24.6. The van der Waals surface area contributed by atoms with Crippen molar-refractivity contribution in [2.75, 3.05) is 23.4 Å². The fourth-order valence-corrected chi connectivity index (χ4v) is 7.00. The Bertz CT molecular complexity index is 1600. The maximum absolute atomic E-state index is 13.7. The monoisotopic (exact) mass is 594 g/mol. The first-order chi connectivity index (χ1) is 21.2. The van der Waals surface area contributed by atoms with Crippen molar-refractivity contribution in [3.05, 3.63) is 95.6 Å². The average Bonchev–Trinajstić information content (AvgIpc) is 3.70. The Labute approximate surface area is 255 Å². The number of amides is 3. The van der Waals surface area contributed by atoms with Gasteiger partial charge in [-0.1, -0.05) is 50.2 Å². The van der Waals surface area contributed by atoms with Crippen LogP contribution in [0, 0.1) is 29.6 Å². The number of benzene rings is 3. The predicted molar refractivity (Wildman–Crippen MR) is 162 cm³/mol. The third-order valence-corrected chi connectivity index (χ3v) is 8.87. The van der Waals surface area contributed by atoms with Gasteiger partial charge >= 0.3 is 11.9 Å². The second kappa shape index (κ2) is 12.1. The Morgan fingerprint density at radius 3 is 2.25 bits per heavy atom. The number of rotatable bonds is 9. The van der Waals surface area contributed by atoms with Crippen LogP contribution in [0.4, 0.5) is 11.4 Å². The number of fused-ring (bicyclic) bond motifs is 5. The van der Waals surface area contributed by atoms with E-state index in [0.29, 0.717) is 23.5 Å². The lowest BCUT2D eigenvalue weighted by atomic mass is 9.73. The summed E-state index contributed by atoms with van der Waals surface area (Å²) in [5, 5.41) is 2.62. The molecule has 3 aliphatic rings. The molecule has 44 heavy (non-hydrogen) atoms. The molecule has 2 saturated carbocycles. The van der Waals surface area contributed by atoms with E-state index in [4.69, 9.17) is 9.47 Å². The van der Waals surface area contributed by atoms with E-state index in [9.17, 15) is 24.0 Å². The molecule has 0 aromatic heterocycles. The first-order valence-electron chi connectivity index (χ1n) is 15.0. The van der Waals surface area contributed by atoms with E-state index in [1.807, 2.05) is 32.0 Å². The molecule has 9 heteroatoms. The molecular weight excluding hydrogens is 560 g/mol. The van der Waals surface area contributed by atoms with E-state index in [1.54, 1.807) is 24.3 Å². The predicted octanol–water partition coefficient (Wildman–Crippen LogP) is 5.22. The zero-order chi connectivity index (χ0) is 31.0. The Morgan fingerprint density at radius 1 is 0.818 bits per heavy atom. The molecule has 5 atom stereocenters. The molecule has 3 aromatic carbocycles. The van der Waals surface area contributed by atoms with Gasteiger partial charge in [-0.25, -0.2) is 9.59 Å². The number of nitrogens with zero attached hydrogens (tertiary/aromatic N) is 1. The van der Waals surface area contributed by atoms with Crippen LogP contribution in [0.5, 0.6) is 0 Å². The zero-order valence-electron chi connectivity index (χ0n) is 24.6. The lowest BCUT2D eigenvalue weighted by molar-refractivity contribution is -0.123. The van der Waals surface area contributed by atoms with Crippen molar-refractivity contribution >= 4 is 41.0 Å². The van der Waals surface area contributed by atoms with E-state index >= 15 is 0 Å². The van der Waals surface area contributed by atoms with Crippen LogP contribution in [0.1, 0.15) is 58.9 Å². The van der Waals surface area contributed by atoms with Crippen molar-refractivity contribution in [2.24, 2.45) is 29.6 Å². The van der Waals surface area contributed by atoms with Crippen molar-refractivity contribution < 1.29 is 33.4 Å².